The quantitative estimate of drug-likeness (QED) is 0.898. The first-order chi connectivity index (χ1) is 8.15. The Hall–Kier alpha value is -1.17. The summed E-state index contributed by atoms with van der Waals surface area (Å²) in [5.41, 5.74) is 1.30. The van der Waals surface area contributed by atoms with Gasteiger partial charge in [-0.05, 0) is 18.2 Å². The predicted molar refractivity (Wildman–Crippen MR) is 66.9 cm³/mol. The molecule has 1 aromatic carbocycles. The van der Waals surface area contributed by atoms with Crippen LogP contribution in [-0.4, -0.2) is 4.98 Å². The fourth-order valence-corrected chi connectivity index (χ4v) is 2.19. The largest absolute Gasteiger partial charge is 0.315 e. The van der Waals surface area contributed by atoms with Gasteiger partial charge in [0.2, 0.25) is 0 Å². The molecule has 0 bridgehead atoms. The Morgan fingerprint density at radius 2 is 2.24 bits per heavy atom. The van der Waals surface area contributed by atoms with E-state index in [4.69, 9.17) is 11.6 Å². The van der Waals surface area contributed by atoms with E-state index in [1.54, 1.807) is 11.4 Å². The van der Waals surface area contributed by atoms with Crippen molar-refractivity contribution in [1.82, 2.24) is 10.3 Å². The lowest BCUT2D eigenvalue weighted by atomic mass is 10.2. The van der Waals surface area contributed by atoms with Crippen molar-refractivity contribution in [3.63, 3.8) is 0 Å². The zero-order chi connectivity index (χ0) is 12.3. The van der Waals surface area contributed by atoms with E-state index in [1.807, 2.05) is 0 Å². The molecule has 0 atom stereocenters. The molecule has 0 aliphatic carbocycles. The summed E-state index contributed by atoms with van der Waals surface area (Å²) < 4.78 is 13.3. The summed E-state index contributed by atoms with van der Waals surface area (Å²) in [7, 11) is 0. The van der Waals surface area contributed by atoms with E-state index in [-0.39, 0.29) is 10.7 Å². The van der Waals surface area contributed by atoms with Gasteiger partial charge in [-0.1, -0.05) is 22.9 Å². The highest BCUT2D eigenvalue weighted by molar-refractivity contribution is 7.07. The molecule has 0 saturated carbocycles. The van der Waals surface area contributed by atoms with Crippen LogP contribution < -0.4 is 10.2 Å². The van der Waals surface area contributed by atoms with Crippen LogP contribution in [0.3, 0.4) is 0 Å². The highest BCUT2D eigenvalue weighted by Gasteiger charge is 2.03. The Kier molecular flexibility index (Phi) is 3.93. The van der Waals surface area contributed by atoms with Crippen molar-refractivity contribution in [2.75, 3.05) is 0 Å². The molecule has 0 fully saturated rings. The van der Waals surface area contributed by atoms with Crippen molar-refractivity contribution < 1.29 is 4.39 Å². The first-order valence-electron chi connectivity index (χ1n) is 4.96. The fourth-order valence-electron chi connectivity index (χ4n) is 1.41. The maximum atomic E-state index is 13.3. The average Bonchev–Trinajstić information content (AvgIpc) is 2.69. The van der Waals surface area contributed by atoms with E-state index in [0.717, 1.165) is 17.0 Å². The minimum absolute atomic E-state index is 0.0873. The molecule has 17 heavy (non-hydrogen) atoms. The minimum atomic E-state index is -0.291. The van der Waals surface area contributed by atoms with Crippen molar-refractivity contribution in [1.29, 1.82) is 0 Å². The first-order valence-corrected chi connectivity index (χ1v) is 6.22. The van der Waals surface area contributed by atoms with E-state index < -0.39 is 0 Å². The van der Waals surface area contributed by atoms with Gasteiger partial charge < -0.3 is 10.3 Å². The summed E-state index contributed by atoms with van der Waals surface area (Å²) >= 11 is 6.89. The Morgan fingerprint density at radius 3 is 2.94 bits per heavy atom. The molecule has 0 spiro atoms. The zero-order valence-corrected chi connectivity index (χ0v) is 10.4. The number of aromatic nitrogens is 1. The van der Waals surface area contributed by atoms with Crippen LogP contribution in [0.1, 0.15) is 11.3 Å². The number of thiazole rings is 1. The van der Waals surface area contributed by atoms with Crippen LogP contribution in [0.25, 0.3) is 0 Å². The number of hydrogen-bond acceptors (Lipinski definition) is 3. The third kappa shape index (κ3) is 3.39. The molecule has 0 unspecified atom stereocenters. The second-order valence-electron chi connectivity index (χ2n) is 3.51. The summed E-state index contributed by atoms with van der Waals surface area (Å²) in [6.07, 6.45) is 0. The van der Waals surface area contributed by atoms with Crippen molar-refractivity contribution in [3.05, 3.63) is 55.3 Å². The normalized spacial score (nSPS) is 10.7. The maximum absolute atomic E-state index is 13.3. The third-order valence-electron chi connectivity index (χ3n) is 2.21. The molecule has 2 N–H and O–H groups in total. The smallest absolute Gasteiger partial charge is 0.304 e. The lowest BCUT2D eigenvalue weighted by Gasteiger charge is -2.05. The van der Waals surface area contributed by atoms with Crippen LogP contribution in [0.2, 0.25) is 5.02 Å². The van der Waals surface area contributed by atoms with Gasteiger partial charge in [0, 0.05) is 34.7 Å². The minimum Gasteiger partial charge on any atom is -0.315 e. The molecule has 90 valence electrons. The Labute approximate surface area is 106 Å². The fraction of sp³-hybridized carbons (Fsp3) is 0.182. The number of halogens is 2. The summed E-state index contributed by atoms with van der Waals surface area (Å²) in [6, 6.07) is 4.43. The van der Waals surface area contributed by atoms with Crippen molar-refractivity contribution >= 4 is 22.9 Å². The molecule has 1 heterocycles. The van der Waals surface area contributed by atoms with E-state index >= 15 is 0 Å². The van der Waals surface area contributed by atoms with Crippen LogP contribution >= 0.6 is 22.9 Å². The highest BCUT2D eigenvalue weighted by atomic mass is 35.5. The maximum Gasteiger partial charge on any atom is 0.304 e. The van der Waals surface area contributed by atoms with E-state index in [0.29, 0.717) is 23.7 Å². The van der Waals surface area contributed by atoms with Crippen molar-refractivity contribution in [2.45, 2.75) is 13.1 Å². The van der Waals surface area contributed by atoms with Crippen LogP contribution in [0.4, 0.5) is 4.39 Å². The lowest BCUT2D eigenvalue weighted by molar-refractivity contribution is 0.586. The van der Waals surface area contributed by atoms with Crippen LogP contribution in [0.15, 0.2) is 28.4 Å². The van der Waals surface area contributed by atoms with Gasteiger partial charge in [-0.2, -0.15) is 0 Å². The van der Waals surface area contributed by atoms with Crippen molar-refractivity contribution in [2.24, 2.45) is 0 Å². The van der Waals surface area contributed by atoms with Gasteiger partial charge in [-0.15, -0.1) is 0 Å². The molecule has 3 nitrogen and oxygen atoms in total. The highest BCUT2D eigenvalue weighted by Crippen LogP contribution is 2.14. The number of nitrogens with one attached hydrogen (secondary N) is 2. The summed E-state index contributed by atoms with van der Waals surface area (Å²) in [4.78, 5) is 13.5. The number of hydrogen-bond donors (Lipinski definition) is 2. The van der Waals surface area contributed by atoms with Crippen LogP contribution in [0.5, 0.6) is 0 Å². The SMILES string of the molecule is O=c1[nH]c(CNCc2cc(Cl)ccc2F)cs1. The predicted octanol–water partition coefficient (Wildman–Crippen LogP) is 2.52. The number of aromatic amines is 1. The molecule has 1 aromatic heterocycles. The zero-order valence-electron chi connectivity index (χ0n) is 8.80. The molecule has 0 amide bonds. The van der Waals surface area contributed by atoms with Gasteiger partial charge in [0.1, 0.15) is 5.82 Å². The standard InChI is InChI=1S/C11H10ClFN2OS/c12-8-1-2-10(13)7(3-8)4-14-5-9-6-17-11(16)15-9/h1-3,6,14H,4-5H2,(H,15,16). The molecule has 0 aliphatic rings. The Morgan fingerprint density at radius 1 is 1.41 bits per heavy atom. The van der Waals surface area contributed by atoms with Gasteiger partial charge in [-0.25, -0.2) is 4.39 Å². The molecule has 2 rings (SSSR count). The van der Waals surface area contributed by atoms with E-state index in [1.165, 1.54) is 12.1 Å². The summed E-state index contributed by atoms with van der Waals surface area (Å²) in [5.74, 6) is -0.291. The molecule has 2 aromatic rings. The average molecular weight is 273 g/mol. The Bertz CT molecular complexity index is 567. The molecule has 0 radical (unpaired) electrons. The Balaban J connectivity index is 1.94. The lowest BCUT2D eigenvalue weighted by Crippen LogP contribution is -2.14. The van der Waals surface area contributed by atoms with E-state index in [2.05, 4.69) is 10.3 Å². The van der Waals surface area contributed by atoms with Crippen molar-refractivity contribution in [3.8, 4) is 0 Å². The number of H-pyrrole nitrogens is 1. The monoisotopic (exact) mass is 272 g/mol. The van der Waals surface area contributed by atoms with Crippen LogP contribution in [0, 0.1) is 5.82 Å². The third-order valence-corrected chi connectivity index (χ3v) is 3.16. The number of rotatable bonds is 4. The second kappa shape index (κ2) is 5.44. The summed E-state index contributed by atoms with van der Waals surface area (Å²) in [5, 5.41) is 5.28. The van der Waals surface area contributed by atoms with Crippen LogP contribution in [-0.2, 0) is 13.1 Å². The summed E-state index contributed by atoms with van der Waals surface area (Å²) in [6.45, 7) is 0.856. The van der Waals surface area contributed by atoms with Gasteiger partial charge in [0.05, 0.1) is 0 Å². The van der Waals surface area contributed by atoms with Gasteiger partial charge >= 0.3 is 4.87 Å². The van der Waals surface area contributed by atoms with Gasteiger partial charge in [0.25, 0.3) is 0 Å². The molecule has 0 aliphatic heterocycles. The van der Waals surface area contributed by atoms with Gasteiger partial charge in [-0.3, -0.25) is 4.79 Å². The molecule has 0 saturated heterocycles. The molecule has 6 heteroatoms. The molecular weight excluding hydrogens is 263 g/mol. The van der Waals surface area contributed by atoms with Gasteiger partial charge in [0.15, 0.2) is 0 Å². The first kappa shape index (κ1) is 12.3. The van der Waals surface area contributed by atoms with E-state index in [9.17, 15) is 9.18 Å². The topological polar surface area (TPSA) is 44.9 Å². The molecular formula is C11H10ClFN2OS. The number of benzene rings is 1. The second-order valence-corrected chi connectivity index (χ2v) is 4.79.